The Kier molecular flexibility index (Phi) is 3.15. The van der Waals surface area contributed by atoms with Crippen LogP contribution in [0.25, 0.3) is 10.9 Å². The van der Waals surface area contributed by atoms with E-state index in [4.69, 9.17) is 4.74 Å². The quantitative estimate of drug-likeness (QED) is 0.830. The molecule has 3 heteroatoms. The number of aliphatic hydroxyl groups is 1. The molecule has 1 atom stereocenters. The second kappa shape index (κ2) is 4.58. The van der Waals surface area contributed by atoms with E-state index in [0.29, 0.717) is 6.61 Å². The highest BCUT2D eigenvalue weighted by molar-refractivity contribution is 5.89. The zero-order valence-corrected chi connectivity index (χ0v) is 9.66. The number of ether oxygens (including phenoxy) is 1. The van der Waals surface area contributed by atoms with Crippen LogP contribution in [0.1, 0.15) is 31.9 Å². The van der Waals surface area contributed by atoms with Crippen LogP contribution >= 0.6 is 0 Å². The van der Waals surface area contributed by atoms with Gasteiger partial charge in [0.05, 0.1) is 12.7 Å². The number of aliphatic hydroxyl groups excluding tert-OH is 1. The van der Waals surface area contributed by atoms with Crippen molar-refractivity contribution < 1.29 is 9.84 Å². The molecular formula is C13H17NO2. The minimum Gasteiger partial charge on any atom is -0.493 e. The number of fused-ring (bicyclic) bond motifs is 1. The third-order valence-electron chi connectivity index (χ3n) is 2.61. The van der Waals surface area contributed by atoms with Crippen LogP contribution in [-0.4, -0.2) is 16.7 Å². The van der Waals surface area contributed by atoms with E-state index in [0.717, 1.165) is 28.6 Å². The molecular weight excluding hydrogens is 202 g/mol. The Hall–Kier alpha value is -1.48. The number of aromatic nitrogens is 1. The normalized spacial score (nSPS) is 12.9. The molecule has 1 heterocycles. The van der Waals surface area contributed by atoms with Gasteiger partial charge in [0.1, 0.15) is 5.75 Å². The molecule has 1 aromatic heterocycles. The molecule has 0 amide bonds. The Labute approximate surface area is 95.1 Å². The number of rotatable bonds is 4. The summed E-state index contributed by atoms with van der Waals surface area (Å²) in [6.45, 7) is 4.54. The lowest BCUT2D eigenvalue weighted by atomic mass is 10.1. The molecule has 0 radical (unpaired) electrons. The van der Waals surface area contributed by atoms with Crippen LogP contribution in [0.15, 0.2) is 24.4 Å². The molecule has 2 rings (SSSR count). The van der Waals surface area contributed by atoms with E-state index in [-0.39, 0.29) is 0 Å². The zero-order valence-electron chi connectivity index (χ0n) is 9.66. The van der Waals surface area contributed by atoms with E-state index in [1.54, 1.807) is 6.92 Å². The molecule has 0 aliphatic heterocycles. The van der Waals surface area contributed by atoms with Crippen molar-refractivity contribution in [3.05, 3.63) is 30.0 Å². The smallest absolute Gasteiger partial charge is 0.129 e. The maximum atomic E-state index is 9.68. The van der Waals surface area contributed by atoms with Crippen LogP contribution < -0.4 is 4.74 Å². The molecule has 0 saturated heterocycles. The molecule has 0 aliphatic carbocycles. The number of hydrogen-bond donors (Lipinski definition) is 2. The first-order valence-corrected chi connectivity index (χ1v) is 5.65. The van der Waals surface area contributed by atoms with E-state index in [9.17, 15) is 5.11 Å². The van der Waals surface area contributed by atoms with Gasteiger partial charge in [-0.3, -0.25) is 0 Å². The van der Waals surface area contributed by atoms with E-state index >= 15 is 0 Å². The zero-order chi connectivity index (χ0) is 11.5. The predicted molar refractivity (Wildman–Crippen MR) is 64.7 cm³/mol. The van der Waals surface area contributed by atoms with Crippen molar-refractivity contribution in [3.63, 3.8) is 0 Å². The largest absolute Gasteiger partial charge is 0.493 e. The average Bonchev–Trinajstić information content (AvgIpc) is 2.70. The summed E-state index contributed by atoms with van der Waals surface area (Å²) in [4.78, 5) is 3.15. The second-order valence-electron chi connectivity index (χ2n) is 3.95. The number of benzene rings is 1. The van der Waals surface area contributed by atoms with Crippen LogP contribution in [0.2, 0.25) is 0 Å². The van der Waals surface area contributed by atoms with Gasteiger partial charge in [0.2, 0.25) is 0 Å². The molecule has 0 bridgehead atoms. The standard InChI is InChI=1S/C13H17NO2/c1-3-7-16-12-6-4-5-11-13(12)10(8-14-11)9(2)15/h4-6,8-9,14-15H,3,7H2,1-2H3/t9-/m0/s1. The number of H-pyrrole nitrogens is 1. The van der Waals surface area contributed by atoms with Gasteiger partial charge in [-0.05, 0) is 25.5 Å². The Balaban J connectivity index is 2.50. The lowest BCUT2D eigenvalue weighted by Gasteiger charge is -2.09. The fourth-order valence-electron chi connectivity index (χ4n) is 1.84. The van der Waals surface area contributed by atoms with Crippen molar-refractivity contribution in [2.75, 3.05) is 6.61 Å². The summed E-state index contributed by atoms with van der Waals surface area (Å²) in [5, 5.41) is 10.7. The first kappa shape index (κ1) is 11.0. The molecule has 16 heavy (non-hydrogen) atoms. The molecule has 0 spiro atoms. The molecule has 0 unspecified atom stereocenters. The first-order valence-electron chi connectivity index (χ1n) is 5.65. The van der Waals surface area contributed by atoms with Crippen LogP contribution in [0.4, 0.5) is 0 Å². The SMILES string of the molecule is CCCOc1cccc2[nH]cc([C@H](C)O)c12. The number of nitrogens with one attached hydrogen (secondary N) is 1. The van der Waals surface area contributed by atoms with E-state index in [1.165, 1.54) is 0 Å². The minimum atomic E-state index is -0.486. The molecule has 0 fully saturated rings. The minimum absolute atomic E-state index is 0.486. The van der Waals surface area contributed by atoms with Crippen LogP contribution in [-0.2, 0) is 0 Å². The summed E-state index contributed by atoms with van der Waals surface area (Å²) >= 11 is 0. The lowest BCUT2D eigenvalue weighted by molar-refractivity contribution is 0.200. The van der Waals surface area contributed by atoms with Crippen molar-refractivity contribution in [1.82, 2.24) is 4.98 Å². The van der Waals surface area contributed by atoms with E-state index in [2.05, 4.69) is 11.9 Å². The van der Waals surface area contributed by atoms with Gasteiger partial charge in [-0.1, -0.05) is 13.0 Å². The highest BCUT2D eigenvalue weighted by Gasteiger charge is 2.12. The summed E-state index contributed by atoms with van der Waals surface area (Å²) in [5.41, 5.74) is 1.89. The summed E-state index contributed by atoms with van der Waals surface area (Å²) in [5.74, 6) is 0.844. The topological polar surface area (TPSA) is 45.2 Å². The van der Waals surface area contributed by atoms with E-state index in [1.807, 2.05) is 24.4 Å². The molecule has 86 valence electrons. The Morgan fingerprint density at radius 2 is 2.25 bits per heavy atom. The summed E-state index contributed by atoms with van der Waals surface area (Å²) in [7, 11) is 0. The van der Waals surface area contributed by atoms with Crippen LogP contribution in [0.5, 0.6) is 5.75 Å². The van der Waals surface area contributed by atoms with Gasteiger partial charge in [-0.2, -0.15) is 0 Å². The van der Waals surface area contributed by atoms with Gasteiger partial charge in [0, 0.05) is 22.7 Å². The van der Waals surface area contributed by atoms with Crippen molar-refractivity contribution >= 4 is 10.9 Å². The highest BCUT2D eigenvalue weighted by atomic mass is 16.5. The third kappa shape index (κ3) is 1.91. The fraction of sp³-hybridized carbons (Fsp3) is 0.385. The first-order chi connectivity index (χ1) is 7.74. The van der Waals surface area contributed by atoms with Crippen LogP contribution in [0, 0.1) is 0 Å². The maximum Gasteiger partial charge on any atom is 0.129 e. The summed E-state index contributed by atoms with van der Waals surface area (Å²) in [6, 6.07) is 5.88. The molecule has 2 aromatic rings. The molecule has 0 aliphatic rings. The lowest BCUT2D eigenvalue weighted by Crippen LogP contribution is -1.97. The molecule has 0 saturated carbocycles. The third-order valence-corrected chi connectivity index (χ3v) is 2.61. The summed E-state index contributed by atoms with van der Waals surface area (Å²) < 4.78 is 5.69. The predicted octanol–water partition coefficient (Wildman–Crippen LogP) is 3.01. The van der Waals surface area contributed by atoms with Gasteiger partial charge in [0.25, 0.3) is 0 Å². The van der Waals surface area contributed by atoms with Gasteiger partial charge >= 0.3 is 0 Å². The Bertz CT molecular complexity index is 474. The Morgan fingerprint density at radius 1 is 1.44 bits per heavy atom. The molecule has 1 aromatic carbocycles. The summed E-state index contributed by atoms with van der Waals surface area (Å²) in [6.07, 6.45) is 2.33. The van der Waals surface area contributed by atoms with Gasteiger partial charge < -0.3 is 14.8 Å². The molecule has 2 N–H and O–H groups in total. The van der Waals surface area contributed by atoms with Crippen molar-refractivity contribution in [2.45, 2.75) is 26.4 Å². The van der Waals surface area contributed by atoms with Gasteiger partial charge in [-0.25, -0.2) is 0 Å². The number of aromatic amines is 1. The maximum absolute atomic E-state index is 9.68. The Morgan fingerprint density at radius 3 is 2.94 bits per heavy atom. The fourth-order valence-corrected chi connectivity index (χ4v) is 1.84. The molecule has 3 nitrogen and oxygen atoms in total. The highest BCUT2D eigenvalue weighted by Crippen LogP contribution is 2.32. The van der Waals surface area contributed by atoms with E-state index < -0.39 is 6.10 Å². The second-order valence-corrected chi connectivity index (χ2v) is 3.95. The van der Waals surface area contributed by atoms with Crippen molar-refractivity contribution in [1.29, 1.82) is 0 Å². The van der Waals surface area contributed by atoms with Crippen molar-refractivity contribution in [2.24, 2.45) is 0 Å². The average molecular weight is 219 g/mol. The van der Waals surface area contributed by atoms with Gasteiger partial charge in [0.15, 0.2) is 0 Å². The number of hydrogen-bond acceptors (Lipinski definition) is 2. The monoisotopic (exact) mass is 219 g/mol. The van der Waals surface area contributed by atoms with Crippen molar-refractivity contribution in [3.8, 4) is 5.75 Å². The van der Waals surface area contributed by atoms with Gasteiger partial charge in [-0.15, -0.1) is 0 Å². The van der Waals surface area contributed by atoms with Crippen LogP contribution in [0.3, 0.4) is 0 Å².